The van der Waals surface area contributed by atoms with Gasteiger partial charge in [-0.2, -0.15) is 13.2 Å². The molecule has 0 aromatic carbocycles. The van der Waals surface area contributed by atoms with Gasteiger partial charge >= 0.3 is 18.2 Å². The Hall–Kier alpha value is -1.84. The third kappa shape index (κ3) is 4.88. The van der Waals surface area contributed by atoms with Crippen LogP contribution in [0.3, 0.4) is 0 Å². The second kappa shape index (κ2) is 5.88. The van der Waals surface area contributed by atoms with Gasteiger partial charge in [-0.15, -0.1) is 0 Å². The first-order valence-electron chi connectivity index (χ1n) is 5.74. The molecule has 0 aliphatic heterocycles. The van der Waals surface area contributed by atoms with Gasteiger partial charge < -0.3 is 5.11 Å². The molecule has 0 fully saturated rings. The molecule has 1 aromatic rings. The number of aromatic nitrogens is 1. The molecule has 0 saturated heterocycles. The van der Waals surface area contributed by atoms with E-state index in [9.17, 15) is 22.8 Å². The van der Waals surface area contributed by atoms with Gasteiger partial charge in [0.2, 0.25) is 0 Å². The first kappa shape index (κ1) is 17.2. The Morgan fingerprint density at radius 3 is 2.38 bits per heavy atom. The van der Waals surface area contributed by atoms with Crippen LogP contribution in [-0.4, -0.2) is 38.7 Å². The monoisotopic (exact) mass is 325 g/mol. The molecule has 0 atom stereocenters. The average Bonchev–Trinajstić information content (AvgIpc) is 2.70. The number of nitrogens with one attached hydrogen (secondary N) is 1. The van der Waals surface area contributed by atoms with Crippen molar-refractivity contribution in [3.05, 3.63) is 11.1 Å². The van der Waals surface area contributed by atoms with Gasteiger partial charge in [-0.1, -0.05) is 11.3 Å². The molecule has 1 aromatic heterocycles. The number of alkyl halides is 3. The van der Waals surface area contributed by atoms with Gasteiger partial charge in [-0.3, -0.25) is 15.0 Å². The highest BCUT2D eigenvalue weighted by atomic mass is 32.1. The van der Waals surface area contributed by atoms with E-state index in [0.29, 0.717) is 4.88 Å². The van der Waals surface area contributed by atoms with E-state index >= 15 is 0 Å². The molecule has 0 unspecified atom stereocenters. The van der Waals surface area contributed by atoms with Crippen LogP contribution in [0.15, 0.2) is 6.20 Å². The van der Waals surface area contributed by atoms with E-state index in [-0.39, 0.29) is 11.7 Å². The fraction of sp³-hybridized carbons (Fsp3) is 0.545. The van der Waals surface area contributed by atoms with E-state index in [1.807, 2.05) is 0 Å². The van der Waals surface area contributed by atoms with E-state index < -0.39 is 23.7 Å². The average molecular weight is 325 g/mol. The number of rotatable bonds is 3. The summed E-state index contributed by atoms with van der Waals surface area (Å²) in [7, 11) is 0. The molecular weight excluding hydrogens is 311 g/mol. The van der Waals surface area contributed by atoms with Gasteiger partial charge in [-0.05, 0) is 20.8 Å². The zero-order valence-corrected chi connectivity index (χ0v) is 12.3. The van der Waals surface area contributed by atoms with Crippen LogP contribution in [0.1, 0.15) is 25.6 Å². The molecule has 0 aliphatic carbocycles. The zero-order valence-electron chi connectivity index (χ0n) is 11.5. The summed E-state index contributed by atoms with van der Waals surface area (Å²) in [5.74, 6) is -2.12. The summed E-state index contributed by atoms with van der Waals surface area (Å²) in [4.78, 5) is 27.1. The lowest BCUT2D eigenvalue weighted by Gasteiger charge is -2.32. The minimum Gasteiger partial charge on any atom is -0.465 e. The highest BCUT2D eigenvalue weighted by molar-refractivity contribution is 7.15. The number of anilines is 1. The molecule has 1 heterocycles. The van der Waals surface area contributed by atoms with Crippen molar-refractivity contribution in [2.24, 2.45) is 0 Å². The molecule has 0 radical (unpaired) electrons. The van der Waals surface area contributed by atoms with Gasteiger partial charge in [0.05, 0.1) is 6.54 Å². The Balaban J connectivity index is 2.80. The van der Waals surface area contributed by atoms with Crippen LogP contribution in [0.2, 0.25) is 0 Å². The standard InChI is InChI=1S/C11H14F3N3O3S/c1-10(2,3)17(9(19)20)5-6-4-15-8(21-6)16-7(18)11(12,13)14/h4H,5H2,1-3H3,(H,19,20)(H,15,16,18). The molecular formula is C11H14F3N3O3S. The van der Waals surface area contributed by atoms with E-state index in [4.69, 9.17) is 5.11 Å². The maximum atomic E-state index is 12.1. The first-order valence-corrected chi connectivity index (χ1v) is 6.56. The maximum absolute atomic E-state index is 12.1. The van der Waals surface area contributed by atoms with Crippen molar-refractivity contribution >= 4 is 28.5 Å². The Labute approximate surface area is 122 Å². The van der Waals surface area contributed by atoms with E-state index in [2.05, 4.69) is 4.98 Å². The minimum atomic E-state index is -5.00. The lowest BCUT2D eigenvalue weighted by molar-refractivity contribution is -0.167. The summed E-state index contributed by atoms with van der Waals surface area (Å²) in [5, 5.41) is 10.5. The predicted molar refractivity (Wildman–Crippen MR) is 70.1 cm³/mol. The fourth-order valence-corrected chi connectivity index (χ4v) is 2.15. The molecule has 21 heavy (non-hydrogen) atoms. The molecule has 0 spiro atoms. The number of hydrogen-bond acceptors (Lipinski definition) is 4. The molecule has 10 heteroatoms. The van der Waals surface area contributed by atoms with Crippen LogP contribution < -0.4 is 5.32 Å². The molecule has 0 bridgehead atoms. The normalized spacial score (nSPS) is 12.1. The minimum absolute atomic E-state index is 0.0294. The van der Waals surface area contributed by atoms with Crippen molar-refractivity contribution < 1.29 is 27.9 Å². The Kier molecular flexibility index (Phi) is 4.82. The van der Waals surface area contributed by atoms with Gasteiger partial charge in [0.25, 0.3) is 0 Å². The van der Waals surface area contributed by atoms with Gasteiger partial charge in [0, 0.05) is 16.6 Å². The topological polar surface area (TPSA) is 82.5 Å². The smallest absolute Gasteiger partial charge is 0.465 e. The van der Waals surface area contributed by atoms with Crippen LogP contribution in [0.4, 0.5) is 23.1 Å². The largest absolute Gasteiger partial charge is 0.471 e. The zero-order chi connectivity index (χ0) is 16.4. The second-order valence-corrected chi connectivity index (χ2v) is 6.24. The first-order chi connectivity index (χ1) is 9.41. The number of nitrogens with zero attached hydrogens (tertiary/aromatic N) is 2. The van der Waals surface area contributed by atoms with Crippen molar-refractivity contribution in [1.29, 1.82) is 0 Å². The van der Waals surface area contributed by atoms with Crippen molar-refractivity contribution in [3.8, 4) is 0 Å². The van der Waals surface area contributed by atoms with Crippen LogP contribution in [0.5, 0.6) is 0 Å². The van der Waals surface area contributed by atoms with Crippen molar-refractivity contribution in [2.45, 2.75) is 39.0 Å². The van der Waals surface area contributed by atoms with Crippen molar-refractivity contribution in [2.75, 3.05) is 5.32 Å². The quantitative estimate of drug-likeness (QED) is 0.895. The summed E-state index contributed by atoms with van der Waals surface area (Å²) >= 11 is 0.791. The number of carbonyl (C=O) groups is 2. The number of carbonyl (C=O) groups excluding carboxylic acids is 1. The van der Waals surface area contributed by atoms with Crippen LogP contribution >= 0.6 is 11.3 Å². The lowest BCUT2D eigenvalue weighted by atomic mass is 10.1. The Bertz CT molecular complexity index is 537. The summed E-state index contributed by atoms with van der Waals surface area (Å²) in [6, 6.07) is 0. The molecule has 2 amide bonds. The summed E-state index contributed by atoms with van der Waals surface area (Å²) < 4.78 is 36.3. The van der Waals surface area contributed by atoms with E-state index in [1.165, 1.54) is 6.20 Å². The number of thiazole rings is 1. The van der Waals surface area contributed by atoms with E-state index in [0.717, 1.165) is 16.2 Å². The molecule has 2 N–H and O–H groups in total. The second-order valence-electron chi connectivity index (χ2n) is 5.12. The van der Waals surface area contributed by atoms with Crippen molar-refractivity contribution in [1.82, 2.24) is 9.88 Å². The molecule has 1 rings (SSSR count). The number of halogens is 3. The van der Waals surface area contributed by atoms with Crippen LogP contribution in [-0.2, 0) is 11.3 Å². The van der Waals surface area contributed by atoms with Gasteiger partial charge in [-0.25, -0.2) is 9.78 Å². The summed E-state index contributed by atoms with van der Waals surface area (Å²) in [5.41, 5.74) is -0.675. The molecule has 0 aliphatic rings. The van der Waals surface area contributed by atoms with Crippen LogP contribution in [0, 0.1) is 0 Å². The van der Waals surface area contributed by atoms with Gasteiger partial charge in [0.1, 0.15) is 0 Å². The third-order valence-electron chi connectivity index (χ3n) is 2.39. The molecule has 6 nitrogen and oxygen atoms in total. The predicted octanol–water partition coefficient (Wildman–Crippen LogP) is 2.92. The lowest BCUT2D eigenvalue weighted by Crippen LogP contribution is -2.44. The number of carboxylic acid groups (broad SMARTS) is 1. The van der Waals surface area contributed by atoms with Crippen LogP contribution in [0.25, 0.3) is 0 Å². The summed E-state index contributed by atoms with van der Waals surface area (Å²) in [6.07, 6.45) is -4.92. The summed E-state index contributed by atoms with van der Waals surface area (Å²) in [6.45, 7) is 5.04. The molecule has 0 saturated carbocycles. The Morgan fingerprint density at radius 2 is 1.95 bits per heavy atom. The number of amides is 2. The number of hydrogen-bond donors (Lipinski definition) is 2. The highest BCUT2D eigenvalue weighted by Gasteiger charge is 2.39. The van der Waals surface area contributed by atoms with E-state index in [1.54, 1.807) is 26.1 Å². The fourth-order valence-electron chi connectivity index (χ4n) is 1.35. The Morgan fingerprint density at radius 1 is 1.38 bits per heavy atom. The van der Waals surface area contributed by atoms with Crippen molar-refractivity contribution in [3.63, 3.8) is 0 Å². The van der Waals surface area contributed by atoms with Gasteiger partial charge in [0.15, 0.2) is 5.13 Å². The third-order valence-corrected chi connectivity index (χ3v) is 3.28. The highest BCUT2D eigenvalue weighted by Crippen LogP contribution is 2.25. The molecule has 118 valence electrons. The SMILES string of the molecule is CC(C)(C)N(Cc1cnc(NC(=O)C(F)(F)F)s1)C(=O)O. The maximum Gasteiger partial charge on any atom is 0.471 e.